The molecule has 2 amide bonds. The lowest BCUT2D eigenvalue weighted by Gasteiger charge is -2.03. The Labute approximate surface area is 199 Å². The first-order valence-electron chi connectivity index (χ1n) is 10.5. The van der Waals surface area contributed by atoms with Crippen molar-refractivity contribution in [3.8, 4) is 0 Å². The van der Waals surface area contributed by atoms with Gasteiger partial charge in [0.1, 0.15) is 13.2 Å². The highest BCUT2D eigenvalue weighted by Crippen LogP contribution is 2.24. The summed E-state index contributed by atoms with van der Waals surface area (Å²) in [7, 11) is 3.80. The molecule has 7 nitrogen and oxygen atoms in total. The molecule has 0 unspecified atom stereocenters. The summed E-state index contributed by atoms with van der Waals surface area (Å²) in [6.45, 7) is 7.70. The van der Waals surface area contributed by atoms with E-state index in [0.717, 1.165) is 20.4 Å². The third kappa shape index (κ3) is 4.48. The third-order valence-corrected chi connectivity index (χ3v) is 8.06. The number of nitrogens with zero attached hydrogens (tertiary/aromatic N) is 4. The zero-order valence-electron chi connectivity index (χ0n) is 19.6. The predicted octanol–water partition coefficient (Wildman–Crippen LogP) is 3.60. The van der Waals surface area contributed by atoms with Gasteiger partial charge in [-0.2, -0.15) is 9.98 Å². The van der Waals surface area contributed by atoms with E-state index in [1.54, 1.807) is 0 Å². The third-order valence-electron chi connectivity index (χ3n) is 5.87. The first-order valence-corrected chi connectivity index (χ1v) is 12.1. The number of hydrogen-bond donors (Lipinski definition) is 0. The van der Waals surface area contributed by atoms with E-state index in [1.807, 2.05) is 35.4 Å². The van der Waals surface area contributed by atoms with Crippen LogP contribution in [0.5, 0.6) is 0 Å². The first-order chi connectivity index (χ1) is 15.7. The zero-order chi connectivity index (χ0) is 23.9. The Hall–Kier alpha value is -2.88. The highest BCUT2D eigenvalue weighted by Gasteiger charge is 2.11. The van der Waals surface area contributed by atoms with Gasteiger partial charge in [-0.25, -0.2) is 0 Å². The van der Waals surface area contributed by atoms with Crippen LogP contribution < -0.4 is 9.60 Å². The zero-order valence-corrected chi connectivity index (χ0v) is 21.2. The van der Waals surface area contributed by atoms with Gasteiger partial charge in [-0.05, 0) is 62.1 Å². The standard InChI is InChI=1S/C24H26N4O3S2/c1-13-7-9-17-21(15(13)3)27(5)23(32-17)25-19(29)11-31-12-20(30)26-24-28(6)22-16(4)14(2)8-10-18(22)33-24/h7-10H,11-12H2,1-6H3. The molecule has 0 saturated carbocycles. The summed E-state index contributed by atoms with van der Waals surface area (Å²) < 4.78 is 11.3. The number of hydrogen-bond acceptors (Lipinski definition) is 5. The van der Waals surface area contributed by atoms with Gasteiger partial charge < -0.3 is 13.9 Å². The molecule has 0 spiro atoms. The van der Waals surface area contributed by atoms with Crippen molar-refractivity contribution in [3.63, 3.8) is 0 Å². The molecule has 172 valence electrons. The minimum atomic E-state index is -0.433. The van der Waals surface area contributed by atoms with Gasteiger partial charge in [-0.15, -0.1) is 0 Å². The van der Waals surface area contributed by atoms with E-state index in [2.05, 4.69) is 49.8 Å². The average Bonchev–Trinajstić information content (AvgIpc) is 3.25. The van der Waals surface area contributed by atoms with Crippen molar-refractivity contribution in [3.05, 3.63) is 56.1 Å². The maximum Gasteiger partial charge on any atom is 0.274 e. The van der Waals surface area contributed by atoms with E-state index < -0.39 is 11.8 Å². The fourth-order valence-corrected chi connectivity index (χ4v) is 5.97. The van der Waals surface area contributed by atoms with E-state index >= 15 is 0 Å². The number of carbonyl (C=O) groups excluding carboxylic acids is 2. The van der Waals surface area contributed by atoms with E-state index in [-0.39, 0.29) is 13.2 Å². The number of fused-ring (bicyclic) bond motifs is 2. The van der Waals surface area contributed by atoms with Crippen molar-refractivity contribution in [2.45, 2.75) is 27.7 Å². The molecule has 4 aromatic rings. The second-order valence-electron chi connectivity index (χ2n) is 8.10. The number of benzene rings is 2. The van der Waals surface area contributed by atoms with Crippen LogP contribution in [0, 0.1) is 27.7 Å². The molecule has 2 heterocycles. The minimum Gasteiger partial charge on any atom is -0.362 e. The summed E-state index contributed by atoms with van der Waals surface area (Å²) in [6, 6.07) is 8.21. The molecular formula is C24H26N4O3S2. The van der Waals surface area contributed by atoms with Gasteiger partial charge in [0.15, 0.2) is 9.60 Å². The normalized spacial score (nSPS) is 12.9. The first kappa shape index (κ1) is 23.3. The van der Waals surface area contributed by atoms with E-state index in [1.165, 1.54) is 44.9 Å². The number of rotatable bonds is 4. The molecule has 4 rings (SSSR count). The molecule has 2 aromatic carbocycles. The molecule has 0 aliphatic heterocycles. The van der Waals surface area contributed by atoms with Crippen LogP contribution in [-0.4, -0.2) is 34.2 Å². The Kier molecular flexibility index (Phi) is 6.47. The van der Waals surface area contributed by atoms with Crippen molar-refractivity contribution < 1.29 is 14.3 Å². The second kappa shape index (κ2) is 9.17. The van der Waals surface area contributed by atoms with Crippen LogP contribution in [0.1, 0.15) is 22.3 Å². The van der Waals surface area contributed by atoms with Gasteiger partial charge in [0, 0.05) is 14.1 Å². The largest absolute Gasteiger partial charge is 0.362 e. The van der Waals surface area contributed by atoms with Crippen LogP contribution in [0.4, 0.5) is 0 Å². The average molecular weight is 483 g/mol. The Morgan fingerprint density at radius 3 is 1.55 bits per heavy atom. The van der Waals surface area contributed by atoms with Crippen molar-refractivity contribution in [1.82, 2.24) is 9.13 Å². The van der Waals surface area contributed by atoms with Gasteiger partial charge >= 0.3 is 0 Å². The van der Waals surface area contributed by atoms with Gasteiger partial charge in [-0.1, -0.05) is 34.8 Å². The number of aryl methyl sites for hydroxylation is 6. The van der Waals surface area contributed by atoms with Crippen molar-refractivity contribution in [2.24, 2.45) is 24.1 Å². The maximum atomic E-state index is 12.3. The fourth-order valence-electron chi connectivity index (χ4n) is 3.77. The highest BCUT2D eigenvalue weighted by atomic mass is 32.1. The van der Waals surface area contributed by atoms with Crippen LogP contribution in [0.15, 0.2) is 34.3 Å². The van der Waals surface area contributed by atoms with Gasteiger partial charge in [0.05, 0.1) is 20.4 Å². The minimum absolute atomic E-state index is 0.273. The Morgan fingerprint density at radius 2 is 1.15 bits per heavy atom. The summed E-state index contributed by atoms with van der Waals surface area (Å²) in [4.78, 5) is 34.2. The summed E-state index contributed by atoms with van der Waals surface area (Å²) >= 11 is 2.91. The summed E-state index contributed by atoms with van der Waals surface area (Å²) in [5.74, 6) is -0.865. The molecule has 0 bridgehead atoms. The Balaban J connectivity index is 1.46. The van der Waals surface area contributed by atoms with Crippen molar-refractivity contribution >= 4 is 54.9 Å². The number of thiazole rings is 2. The fraction of sp³-hybridized carbons (Fsp3) is 0.333. The van der Waals surface area contributed by atoms with Gasteiger partial charge in [0.25, 0.3) is 11.8 Å². The van der Waals surface area contributed by atoms with Crippen LogP contribution in [0.2, 0.25) is 0 Å². The molecule has 0 fully saturated rings. The molecule has 0 saturated heterocycles. The molecule has 0 aliphatic rings. The van der Waals surface area contributed by atoms with E-state index in [4.69, 9.17) is 4.74 Å². The van der Waals surface area contributed by atoms with Crippen LogP contribution in [0.25, 0.3) is 20.4 Å². The Morgan fingerprint density at radius 1 is 0.758 bits per heavy atom. The van der Waals surface area contributed by atoms with Crippen LogP contribution in [-0.2, 0) is 28.4 Å². The SMILES string of the molecule is Cc1ccc2sc(=NC(=O)COCC(=O)N=c3sc4ccc(C)c(C)c4n3C)n(C)c2c1C. The van der Waals surface area contributed by atoms with E-state index in [9.17, 15) is 9.59 Å². The highest BCUT2D eigenvalue weighted by molar-refractivity contribution is 7.16. The smallest absolute Gasteiger partial charge is 0.274 e. The topological polar surface area (TPSA) is 78.0 Å². The van der Waals surface area contributed by atoms with Gasteiger partial charge in [0.2, 0.25) is 0 Å². The Bertz CT molecular complexity index is 1430. The molecule has 0 aliphatic carbocycles. The van der Waals surface area contributed by atoms with E-state index in [0.29, 0.717) is 9.60 Å². The molecule has 0 atom stereocenters. The lowest BCUT2D eigenvalue weighted by atomic mass is 10.1. The number of amides is 2. The summed E-state index contributed by atoms with van der Waals surface area (Å²) in [5, 5.41) is 0. The van der Waals surface area contributed by atoms with Crippen LogP contribution in [0.3, 0.4) is 0 Å². The molecule has 9 heteroatoms. The molecule has 0 radical (unpaired) electrons. The number of ether oxygens (including phenoxy) is 1. The quantitative estimate of drug-likeness (QED) is 0.446. The van der Waals surface area contributed by atoms with Gasteiger partial charge in [-0.3, -0.25) is 9.59 Å². The predicted molar refractivity (Wildman–Crippen MR) is 132 cm³/mol. The summed E-state index contributed by atoms with van der Waals surface area (Å²) in [6.07, 6.45) is 0. The van der Waals surface area contributed by atoms with Crippen molar-refractivity contribution in [1.29, 1.82) is 0 Å². The number of carbonyl (C=O) groups is 2. The lowest BCUT2D eigenvalue weighted by Crippen LogP contribution is -2.19. The second-order valence-corrected chi connectivity index (χ2v) is 10.1. The lowest BCUT2D eigenvalue weighted by molar-refractivity contribution is -0.127. The molecule has 2 aromatic heterocycles. The molecule has 0 N–H and O–H groups in total. The maximum absolute atomic E-state index is 12.3. The molecular weight excluding hydrogens is 456 g/mol. The number of aromatic nitrogens is 2. The van der Waals surface area contributed by atoms with Crippen LogP contribution >= 0.6 is 22.7 Å². The summed E-state index contributed by atoms with van der Waals surface area (Å²) in [5.41, 5.74) is 6.87. The van der Waals surface area contributed by atoms with Crippen molar-refractivity contribution in [2.75, 3.05) is 13.2 Å². The monoisotopic (exact) mass is 482 g/mol. The molecule has 33 heavy (non-hydrogen) atoms.